The minimum atomic E-state index is -0.123. The van der Waals surface area contributed by atoms with Gasteiger partial charge < -0.3 is 9.47 Å². The summed E-state index contributed by atoms with van der Waals surface area (Å²) in [5.74, 6) is 1.00. The maximum atomic E-state index is 11.7. The Morgan fingerprint density at radius 1 is 1.47 bits per heavy atom. The van der Waals surface area contributed by atoms with E-state index in [0.29, 0.717) is 31.7 Å². The smallest absolute Gasteiger partial charge is 0.334 e. The molecule has 3 heteroatoms. The largest absolute Gasteiger partial charge is 0.460 e. The zero-order chi connectivity index (χ0) is 10.7. The highest BCUT2D eigenvalue weighted by molar-refractivity contribution is 5.89. The molecular formula is C12H18O3. The van der Waals surface area contributed by atoms with E-state index in [4.69, 9.17) is 9.47 Å². The van der Waals surface area contributed by atoms with Crippen molar-refractivity contribution in [3.8, 4) is 0 Å². The molecule has 2 aliphatic rings. The molecule has 0 aromatic rings. The van der Waals surface area contributed by atoms with E-state index in [-0.39, 0.29) is 5.97 Å². The van der Waals surface area contributed by atoms with Gasteiger partial charge in [-0.05, 0) is 38.0 Å². The maximum absolute atomic E-state index is 11.7. The Hall–Kier alpha value is -0.830. The van der Waals surface area contributed by atoms with Gasteiger partial charge in [-0.25, -0.2) is 4.79 Å². The van der Waals surface area contributed by atoms with E-state index in [0.717, 1.165) is 18.4 Å². The van der Waals surface area contributed by atoms with Crippen molar-refractivity contribution in [2.45, 2.75) is 26.2 Å². The summed E-state index contributed by atoms with van der Waals surface area (Å²) in [4.78, 5) is 11.7. The Kier molecular flexibility index (Phi) is 3.41. The predicted octanol–water partition coefficient (Wildman–Crippen LogP) is 1.92. The molecule has 84 valence electrons. The number of rotatable bonds is 5. The van der Waals surface area contributed by atoms with E-state index in [2.05, 4.69) is 6.08 Å². The average Bonchev–Trinajstić information content (AvgIpc) is 2.85. The highest BCUT2D eigenvalue weighted by atomic mass is 16.6. The van der Waals surface area contributed by atoms with Crippen molar-refractivity contribution in [3.05, 3.63) is 11.6 Å². The number of ether oxygens (including phenoxy) is 2. The third-order valence-electron chi connectivity index (χ3n) is 3.23. The van der Waals surface area contributed by atoms with Crippen LogP contribution < -0.4 is 0 Å². The highest BCUT2D eigenvalue weighted by Crippen LogP contribution is 2.43. The molecule has 0 aromatic heterocycles. The van der Waals surface area contributed by atoms with Gasteiger partial charge in [-0.1, -0.05) is 6.08 Å². The molecule has 0 heterocycles. The molecule has 0 aromatic carbocycles. The Morgan fingerprint density at radius 2 is 2.33 bits per heavy atom. The number of esters is 1. The molecule has 0 aliphatic heterocycles. The van der Waals surface area contributed by atoms with Crippen molar-refractivity contribution in [2.75, 3.05) is 19.8 Å². The number of allylic oxidation sites excluding steroid dienone is 1. The van der Waals surface area contributed by atoms with E-state index in [1.54, 1.807) is 0 Å². The summed E-state index contributed by atoms with van der Waals surface area (Å²) in [6.45, 7) is 3.48. The van der Waals surface area contributed by atoms with Crippen molar-refractivity contribution in [3.63, 3.8) is 0 Å². The van der Waals surface area contributed by atoms with Crippen LogP contribution in [0.3, 0.4) is 0 Å². The monoisotopic (exact) mass is 210 g/mol. The molecule has 0 N–H and O–H groups in total. The average molecular weight is 210 g/mol. The van der Waals surface area contributed by atoms with Crippen LogP contribution in [-0.4, -0.2) is 25.8 Å². The first kappa shape index (κ1) is 10.7. The Morgan fingerprint density at radius 3 is 2.93 bits per heavy atom. The lowest BCUT2D eigenvalue weighted by atomic mass is 9.99. The molecule has 1 fully saturated rings. The molecule has 0 amide bonds. The third kappa shape index (κ3) is 2.40. The van der Waals surface area contributed by atoms with E-state index in [9.17, 15) is 4.79 Å². The van der Waals surface area contributed by atoms with Crippen LogP contribution in [0.4, 0.5) is 0 Å². The molecule has 2 rings (SSSR count). The van der Waals surface area contributed by atoms with Gasteiger partial charge in [0.2, 0.25) is 0 Å². The third-order valence-corrected chi connectivity index (χ3v) is 3.23. The topological polar surface area (TPSA) is 35.5 Å². The minimum absolute atomic E-state index is 0.123. The van der Waals surface area contributed by atoms with Crippen LogP contribution in [0.15, 0.2) is 11.6 Å². The second-order valence-corrected chi connectivity index (χ2v) is 4.22. The first-order valence-corrected chi connectivity index (χ1v) is 5.78. The van der Waals surface area contributed by atoms with Gasteiger partial charge in [0.25, 0.3) is 0 Å². The number of hydrogen-bond donors (Lipinski definition) is 0. The lowest BCUT2D eigenvalue weighted by Gasteiger charge is -2.12. The normalized spacial score (nSPS) is 27.9. The number of carbonyl (C=O) groups excluding carboxylic acids is 1. The number of fused-ring (bicyclic) bond motifs is 2. The molecule has 2 atom stereocenters. The predicted molar refractivity (Wildman–Crippen MR) is 56.4 cm³/mol. The van der Waals surface area contributed by atoms with Crippen LogP contribution >= 0.6 is 0 Å². The van der Waals surface area contributed by atoms with Gasteiger partial charge in [-0.3, -0.25) is 0 Å². The first-order valence-electron chi connectivity index (χ1n) is 5.78. The van der Waals surface area contributed by atoms with Crippen molar-refractivity contribution in [2.24, 2.45) is 11.8 Å². The summed E-state index contributed by atoms with van der Waals surface area (Å²) in [6.07, 6.45) is 5.69. The van der Waals surface area contributed by atoms with Crippen LogP contribution in [0.25, 0.3) is 0 Å². The molecule has 0 spiro atoms. The van der Waals surface area contributed by atoms with Gasteiger partial charge >= 0.3 is 5.97 Å². The van der Waals surface area contributed by atoms with E-state index in [1.807, 2.05) is 6.92 Å². The van der Waals surface area contributed by atoms with Gasteiger partial charge in [0, 0.05) is 12.2 Å². The zero-order valence-corrected chi connectivity index (χ0v) is 9.20. The Bertz CT molecular complexity index is 270. The Balaban J connectivity index is 1.75. The SMILES string of the molecule is CCOCCOC(=O)C1=CC2CCC1C2. The number of hydrogen-bond acceptors (Lipinski definition) is 3. The second-order valence-electron chi connectivity index (χ2n) is 4.22. The van der Waals surface area contributed by atoms with Gasteiger partial charge in [0.05, 0.1) is 6.61 Å². The molecule has 0 radical (unpaired) electrons. The van der Waals surface area contributed by atoms with Crippen LogP contribution in [0.1, 0.15) is 26.2 Å². The molecule has 1 saturated carbocycles. The summed E-state index contributed by atoms with van der Waals surface area (Å²) < 4.78 is 10.3. The minimum Gasteiger partial charge on any atom is -0.460 e. The van der Waals surface area contributed by atoms with Gasteiger partial charge in [-0.15, -0.1) is 0 Å². The standard InChI is InChI=1S/C12H18O3/c1-2-14-5-6-15-12(13)11-8-9-3-4-10(11)7-9/h8-10H,2-7H2,1H3. The van der Waals surface area contributed by atoms with Crippen LogP contribution in [-0.2, 0) is 14.3 Å². The first-order chi connectivity index (χ1) is 7.31. The molecule has 2 aliphatic carbocycles. The fourth-order valence-corrected chi connectivity index (χ4v) is 2.50. The fourth-order valence-electron chi connectivity index (χ4n) is 2.50. The van der Waals surface area contributed by atoms with Crippen molar-refractivity contribution in [1.29, 1.82) is 0 Å². The van der Waals surface area contributed by atoms with Gasteiger partial charge in [0.15, 0.2) is 0 Å². The van der Waals surface area contributed by atoms with Gasteiger partial charge in [-0.2, -0.15) is 0 Å². The van der Waals surface area contributed by atoms with E-state index < -0.39 is 0 Å². The maximum Gasteiger partial charge on any atom is 0.334 e. The van der Waals surface area contributed by atoms with Crippen LogP contribution in [0.5, 0.6) is 0 Å². The van der Waals surface area contributed by atoms with Crippen molar-refractivity contribution >= 4 is 5.97 Å². The lowest BCUT2D eigenvalue weighted by Crippen LogP contribution is -2.16. The Labute approximate surface area is 90.4 Å². The summed E-state index contributed by atoms with van der Waals surface area (Å²) in [5.41, 5.74) is 0.919. The molecule has 0 saturated heterocycles. The fraction of sp³-hybridized carbons (Fsp3) is 0.750. The van der Waals surface area contributed by atoms with Crippen molar-refractivity contribution < 1.29 is 14.3 Å². The molecule has 3 nitrogen and oxygen atoms in total. The summed E-state index contributed by atoms with van der Waals surface area (Å²) in [5, 5.41) is 0. The molecule has 2 bridgehead atoms. The summed E-state index contributed by atoms with van der Waals surface area (Å²) in [6, 6.07) is 0. The van der Waals surface area contributed by atoms with Gasteiger partial charge in [0.1, 0.15) is 6.61 Å². The van der Waals surface area contributed by atoms with Crippen molar-refractivity contribution in [1.82, 2.24) is 0 Å². The molecule has 2 unspecified atom stereocenters. The quantitative estimate of drug-likeness (QED) is 0.513. The summed E-state index contributed by atoms with van der Waals surface area (Å²) >= 11 is 0. The second kappa shape index (κ2) is 4.79. The van der Waals surface area contributed by atoms with Crippen LogP contribution in [0, 0.1) is 11.8 Å². The summed E-state index contributed by atoms with van der Waals surface area (Å²) in [7, 11) is 0. The highest BCUT2D eigenvalue weighted by Gasteiger charge is 2.36. The van der Waals surface area contributed by atoms with Crippen LogP contribution in [0.2, 0.25) is 0 Å². The zero-order valence-electron chi connectivity index (χ0n) is 9.20. The molecular weight excluding hydrogens is 192 g/mol. The van der Waals surface area contributed by atoms with E-state index >= 15 is 0 Å². The number of carbonyl (C=O) groups is 1. The lowest BCUT2D eigenvalue weighted by molar-refractivity contribution is -0.141. The molecule has 15 heavy (non-hydrogen) atoms. The van der Waals surface area contributed by atoms with E-state index in [1.165, 1.54) is 6.42 Å².